The van der Waals surface area contributed by atoms with E-state index in [1.165, 1.54) is 0 Å². The number of anilines is 2. The van der Waals surface area contributed by atoms with Gasteiger partial charge in [-0.25, -0.2) is 0 Å². The molecular weight excluding hydrogens is 244 g/mol. The number of nitrogens with zero attached hydrogens (tertiary/aromatic N) is 2. The van der Waals surface area contributed by atoms with E-state index in [2.05, 4.69) is 20.8 Å². The minimum absolute atomic E-state index is 0.113. The van der Waals surface area contributed by atoms with Crippen LogP contribution in [-0.4, -0.2) is 22.6 Å². The number of carbonyl (C=O) groups is 1. The summed E-state index contributed by atoms with van der Waals surface area (Å²) in [7, 11) is 0. The summed E-state index contributed by atoms with van der Waals surface area (Å²) >= 11 is 0. The van der Waals surface area contributed by atoms with Crippen LogP contribution in [0.15, 0.2) is 28.7 Å². The Hall–Kier alpha value is -2.37. The molecule has 2 heterocycles. The van der Waals surface area contributed by atoms with Crippen LogP contribution in [0, 0.1) is 6.92 Å². The summed E-state index contributed by atoms with van der Waals surface area (Å²) in [5.41, 5.74) is 2.01. The fourth-order valence-electron chi connectivity index (χ4n) is 2.28. The van der Waals surface area contributed by atoms with Gasteiger partial charge in [0.25, 0.3) is 0 Å². The van der Waals surface area contributed by atoms with Gasteiger partial charge in [-0.3, -0.25) is 10.1 Å². The van der Waals surface area contributed by atoms with Gasteiger partial charge in [-0.2, -0.15) is 0 Å². The first-order valence-electron chi connectivity index (χ1n) is 6.18. The number of rotatable bonds is 2. The van der Waals surface area contributed by atoms with Crippen LogP contribution in [0.2, 0.25) is 0 Å². The van der Waals surface area contributed by atoms with Gasteiger partial charge in [0.2, 0.25) is 11.8 Å². The molecule has 1 aliphatic heterocycles. The third kappa shape index (κ3) is 2.29. The standard InChI is InChI=1S/C13H14N4O2/c1-8-16-17-13(19-8)15-12(18)10-6-7-14-11-5-3-2-4-9(10)11/h2-5,10,14H,6-7H2,1H3,(H,15,17,18). The van der Waals surface area contributed by atoms with E-state index in [9.17, 15) is 4.79 Å². The van der Waals surface area contributed by atoms with E-state index < -0.39 is 0 Å². The maximum atomic E-state index is 12.3. The summed E-state index contributed by atoms with van der Waals surface area (Å²) < 4.78 is 5.16. The highest BCUT2D eigenvalue weighted by Gasteiger charge is 2.27. The first kappa shape index (κ1) is 11.7. The number of aryl methyl sites for hydroxylation is 1. The Labute approximate surface area is 110 Å². The lowest BCUT2D eigenvalue weighted by atomic mass is 9.90. The Balaban J connectivity index is 1.81. The van der Waals surface area contributed by atoms with Crippen molar-refractivity contribution >= 4 is 17.6 Å². The van der Waals surface area contributed by atoms with Crippen LogP contribution in [0.25, 0.3) is 0 Å². The summed E-state index contributed by atoms with van der Waals surface area (Å²) in [5, 5.41) is 13.4. The first-order valence-corrected chi connectivity index (χ1v) is 6.18. The predicted molar refractivity (Wildman–Crippen MR) is 70.0 cm³/mol. The summed E-state index contributed by atoms with van der Waals surface area (Å²) in [6.45, 7) is 2.46. The van der Waals surface area contributed by atoms with Crippen molar-refractivity contribution in [2.24, 2.45) is 0 Å². The third-order valence-corrected chi connectivity index (χ3v) is 3.16. The molecule has 0 saturated carbocycles. The van der Waals surface area contributed by atoms with E-state index in [1.54, 1.807) is 6.92 Å². The molecule has 98 valence electrons. The smallest absolute Gasteiger partial charge is 0.322 e. The second kappa shape index (κ2) is 4.72. The summed E-state index contributed by atoms with van der Waals surface area (Å²) in [6.07, 6.45) is 0.746. The van der Waals surface area contributed by atoms with Crippen LogP contribution < -0.4 is 10.6 Å². The topological polar surface area (TPSA) is 80.0 Å². The van der Waals surface area contributed by atoms with E-state index in [1.807, 2.05) is 24.3 Å². The molecule has 6 heteroatoms. The summed E-state index contributed by atoms with van der Waals surface area (Å²) in [4.78, 5) is 12.3. The van der Waals surface area contributed by atoms with Gasteiger partial charge < -0.3 is 9.73 Å². The highest BCUT2D eigenvalue weighted by Crippen LogP contribution is 2.31. The molecule has 3 rings (SSSR count). The Bertz CT molecular complexity index is 608. The molecule has 1 aromatic heterocycles. The van der Waals surface area contributed by atoms with Crippen LogP contribution in [0.3, 0.4) is 0 Å². The lowest BCUT2D eigenvalue weighted by Gasteiger charge is -2.25. The number of fused-ring (bicyclic) bond motifs is 1. The van der Waals surface area contributed by atoms with Crippen molar-refractivity contribution in [3.8, 4) is 0 Å². The molecule has 1 aliphatic rings. The molecule has 19 heavy (non-hydrogen) atoms. The van der Waals surface area contributed by atoms with Crippen LogP contribution in [0.1, 0.15) is 23.8 Å². The summed E-state index contributed by atoms with van der Waals surface area (Å²) in [6, 6.07) is 7.98. The number of para-hydroxylation sites is 1. The van der Waals surface area contributed by atoms with Crippen LogP contribution in [0.4, 0.5) is 11.7 Å². The van der Waals surface area contributed by atoms with Crippen molar-refractivity contribution in [2.75, 3.05) is 17.2 Å². The lowest BCUT2D eigenvalue weighted by Crippen LogP contribution is -2.27. The molecule has 0 radical (unpaired) electrons. The van der Waals surface area contributed by atoms with Gasteiger partial charge in [-0.1, -0.05) is 23.3 Å². The molecule has 0 spiro atoms. The number of benzene rings is 1. The molecule has 2 aromatic rings. The molecule has 6 nitrogen and oxygen atoms in total. The maximum absolute atomic E-state index is 12.3. The third-order valence-electron chi connectivity index (χ3n) is 3.16. The second-order valence-corrected chi connectivity index (χ2v) is 4.47. The number of nitrogens with one attached hydrogen (secondary N) is 2. The predicted octanol–water partition coefficient (Wildman–Crippen LogP) is 1.92. The van der Waals surface area contributed by atoms with E-state index in [4.69, 9.17) is 4.42 Å². The molecule has 1 atom stereocenters. The normalized spacial score (nSPS) is 17.4. The van der Waals surface area contributed by atoms with E-state index >= 15 is 0 Å². The zero-order valence-electron chi connectivity index (χ0n) is 10.5. The molecule has 0 fully saturated rings. The van der Waals surface area contributed by atoms with Gasteiger partial charge in [0.15, 0.2) is 0 Å². The maximum Gasteiger partial charge on any atom is 0.322 e. The quantitative estimate of drug-likeness (QED) is 0.860. The molecule has 0 aliphatic carbocycles. The average molecular weight is 258 g/mol. The number of carbonyl (C=O) groups excluding carboxylic acids is 1. The van der Waals surface area contributed by atoms with Crippen LogP contribution >= 0.6 is 0 Å². The monoisotopic (exact) mass is 258 g/mol. The molecule has 1 unspecified atom stereocenters. The average Bonchev–Trinajstić information content (AvgIpc) is 2.83. The molecule has 0 bridgehead atoms. The highest BCUT2D eigenvalue weighted by molar-refractivity contribution is 5.95. The Morgan fingerprint density at radius 2 is 2.26 bits per heavy atom. The molecular formula is C13H14N4O2. The number of hydrogen-bond acceptors (Lipinski definition) is 5. The lowest BCUT2D eigenvalue weighted by molar-refractivity contribution is -0.117. The Kier molecular flexibility index (Phi) is 2.91. The summed E-state index contributed by atoms with van der Waals surface area (Å²) in [5.74, 6) is 0.128. The molecule has 1 amide bonds. The molecule has 2 N–H and O–H groups in total. The second-order valence-electron chi connectivity index (χ2n) is 4.47. The number of amides is 1. The molecule has 0 saturated heterocycles. The van der Waals surface area contributed by atoms with Gasteiger partial charge in [-0.15, -0.1) is 5.10 Å². The van der Waals surface area contributed by atoms with Crippen molar-refractivity contribution in [3.05, 3.63) is 35.7 Å². The van der Waals surface area contributed by atoms with Crippen LogP contribution in [0.5, 0.6) is 0 Å². The van der Waals surface area contributed by atoms with Gasteiger partial charge >= 0.3 is 6.01 Å². The van der Waals surface area contributed by atoms with E-state index in [0.29, 0.717) is 5.89 Å². The fourth-order valence-corrected chi connectivity index (χ4v) is 2.28. The zero-order chi connectivity index (χ0) is 13.2. The minimum Gasteiger partial charge on any atom is -0.408 e. The highest BCUT2D eigenvalue weighted by atomic mass is 16.4. The number of aromatic nitrogens is 2. The van der Waals surface area contributed by atoms with Gasteiger partial charge in [0.05, 0.1) is 5.92 Å². The van der Waals surface area contributed by atoms with Crippen molar-refractivity contribution in [1.82, 2.24) is 10.2 Å². The van der Waals surface area contributed by atoms with Crippen molar-refractivity contribution in [2.45, 2.75) is 19.3 Å². The van der Waals surface area contributed by atoms with Crippen LogP contribution in [-0.2, 0) is 4.79 Å². The largest absolute Gasteiger partial charge is 0.408 e. The SMILES string of the molecule is Cc1nnc(NC(=O)C2CCNc3ccccc32)o1. The van der Waals surface area contributed by atoms with Gasteiger partial charge in [0.1, 0.15) is 0 Å². The van der Waals surface area contributed by atoms with Crippen molar-refractivity contribution in [1.29, 1.82) is 0 Å². The zero-order valence-corrected chi connectivity index (χ0v) is 10.5. The van der Waals surface area contributed by atoms with Gasteiger partial charge in [-0.05, 0) is 18.1 Å². The number of hydrogen-bond donors (Lipinski definition) is 2. The Morgan fingerprint density at radius 1 is 1.42 bits per heavy atom. The van der Waals surface area contributed by atoms with E-state index in [0.717, 1.165) is 24.2 Å². The van der Waals surface area contributed by atoms with Crippen molar-refractivity contribution < 1.29 is 9.21 Å². The first-order chi connectivity index (χ1) is 9.24. The Morgan fingerprint density at radius 3 is 3.05 bits per heavy atom. The van der Waals surface area contributed by atoms with Crippen molar-refractivity contribution in [3.63, 3.8) is 0 Å². The minimum atomic E-state index is -0.190. The van der Waals surface area contributed by atoms with Gasteiger partial charge in [0, 0.05) is 19.2 Å². The molecule has 1 aromatic carbocycles. The fraction of sp³-hybridized carbons (Fsp3) is 0.308. The van der Waals surface area contributed by atoms with E-state index in [-0.39, 0.29) is 17.8 Å².